The topological polar surface area (TPSA) is 85.2 Å². The lowest BCUT2D eigenvalue weighted by Crippen LogP contribution is -2.58. The Kier molecular flexibility index (Phi) is 7.94. The summed E-state index contributed by atoms with van der Waals surface area (Å²) in [7, 11) is 3.28. The summed E-state index contributed by atoms with van der Waals surface area (Å²) in [5, 5.41) is 20.5. The SMILES string of the molecule is COc1c(O)cc(C(=O)O[C@@H]2CC[C@]3(C)[C@H]4CCC5[C@@](C)(CCC6C(C)(C)[C@@H](OC)CC[C@@]65C)CC4=CC[C@H]3C2(C)C)cc1O. The highest BCUT2D eigenvalue weighted by Crippen LogP contribution is 2.70. The van der Waals surface area contributed by atoms with E-state index in [1.54, 1.807) is 5.57 Å². The van der Waals surface area contributed by atoms with E-state index in [0.717, 1.165) is 25.2 Å². The van der Waals surface area contributed by atoms with Crippen molar-refractivity contribution >= 4 is 5.97 Å². The molecule has 250 valence electrons. The fourth-order valence-corrected chi connectivity index (χ4v) is 12.7. The van der Waals surface area contributed by atoms with E-state index in [-0.39, 0.29) is 45.2 Å². The van der Waals surface area contributed by atoms with Crippen molar-refractivity contribution in [1.29, 1.82) is 0 Å². The maximum atomic E-state index is 13.3. The van der Waals surface area contributed by atoms with Gasteiger partial charge in [0.1, 0.15) is 6.10 Å². The first-order chi connectivity index (χ1) is 21.0. The highest BCUT2D eigenvalue weighted by atomic mass is 16.5. The van der Waals surface area contributed by atoms with Crippen molar-refractivity contribution in [3.63, 3.8) is 0 Å². The Morgan fingerprint density at radius 2 is 1.38 bits per heavy atom. The lowest BCUT2D eigenvalue weighted by Gasteiger charge is -2.64. The van der Waals surface area contributed by atoms with Crippen molar-refractivity contribution in [2.45, 2.75) is 125 Å². The van der Waals surface area contributed by atoms with Crippen LogP contribution in [0.4, 0.5) is 0 Å². The van der Waals surface area contributed by atoms with Gasteiger partial charge in [0.25, 0.3) is 0 Å². The molecule has 9 atom stereocenters. The minimum Gasteiger partial charge on any atom is -0.504 e. The molecular formula is C39H58O6. The molecule has 5 aliphatic carbocycles. The van der Waals surface area contributed by atoms with Crippen LogP contribution in [0.2, 0.25) is 0 Å². The number of aromatic hydroxyl groups is 2. The van der Waals surface area contributed by atoms with Crippen molar-refractivity contribution in [3.8, 4) is 17.2 Å². The zero-order chi connectivity index (χ0) is 32.7. The molecule has 6 nitrogen and oxygen atoms in total. The molecular weight excluding hydrogens is 564 g/mol. The Morgan fingerprint density at radius 1 is 0.756 bits per heavy atom. The van der Waals surface area contributed by atoms with Gasteiger partial charge in [-0.1, -0.05) is 60.1 Å². The van der Waals surface area contributed by atoms with E-state index in [0.29, 0.717) is 34.7 Å². The van der Waals surface area contributed by atoms with Crippen LogP contribution in [0.25, 0.3) is 0 Å². The van der Waals surface area contributed by atoms with Gasteiger partial charge in [0.2, 0.25) is 5.75 Å². The summed E-state index contributed by atoms with van der Waals surface area (Å²) in [6, 6.07) is 2.63. The van der Waals surface area contributed by atoms with Gasteiger partial charge in [0.05, 0.1) is 18.8 Å². The number of esters is 1. The maximum Gasteiger partial charge on any atom is 0.338 e. The first-order valence-electron chi connectivity index (χ1n) is 17.6. The highest BCUT2D eigenvalue weighted by Gasteiger charge is 2.63. The Balaban J connectivity index is 1.24. The van der Waals surface area contributed by atoms with Crippen LogP contribution in [0, 0.1) is 50.7 Å². The second kappa shape index (κ2) is 10.9. The molecule has 4 saturated carbocycles. The number of carbonyl (C=O) groups is 1. The number of allylic oxidation sites excluding steroid dienone is 2. The van der Waals surface area contributed by atoms with Gasteiger partial charge in [-0.05, 0) is 122 Å². The minimum absolute atomic E-state index is 0.0434. The summed E-state index contributed by atoms with van der Waals surface area (Å²) in [6.07, 6.45) is 14.4. The number of carbonyl (C=O) groups excluding carboxylic acids is 1. The average molecular weight is 623 g/mol. The molecule has 0 radical (unpaired) electrons. The molecule has 45 heavy (non-hydrogen) atoms. The van der Waals surface area contributed by atoms with Crippen molar-refractivity contribution in [1.82, 2.24) is 0 Å². The monoisotopic (exact) mass is 622 g/mol. The predicted octanol–water partition coefficient (Wildman–Crippen LogP) is 9.08. The van der Waals surface area contributed by atoms with Gasteiger partial charge < -0.3 is 24.4 Å². The number of fused-ring (bicyclic) bond motifs is 6. The number of rotatable bonds is 4. The standard InChI is InChI=1S/C39H58O6/c1-35(2)29-14-17-37(5)22-23-10-12-28-36(3,4)32(45-34(42)24-20-26(40)33(44-9)27(41)21-24)16-18-38(28,6)25(23)11-13-30(37)39(29,7)19-15-31(35)43-8/h10,20-21,25,28-32,40-41H,11-19,22H2,1-9H3/t25-,28-,29?,30?,31-,32+,37-,38+,39-/m0/s1. The third kappa shape index (κ3) is 4.85. The molecule has 1 aromatic rings. The van der Waals surface area contributed by atoms with E-state index >= 15 is 0 Å². The van der Waals surface area contributed by atoms with E-state index in [2.05, 4.69) is 54.5 Å². The second-order valence-corrected chi connectivity index (χ2v) is 17.6. The molecule has 1 aromatic carbocycles. The summed E-state index contributed by atoms with van der Waals surface area (Å²) < 4.78 is 17.3. The average Bonchev–Trinajstić information content (AvgIpc) is 3.11. The molecule has 0 aromatic heterocycles. The van der Waals surface area contributed by atoms with Crippen LogP contribution in [-0.4, -0.2) is 42.6 Å². The van der Waals surface area contributed by atoms with Crippen LogP contribution in [0.15, 0.2) is 23.8 Å². The molecule has 4 fully saturated rings. The molecule has 0 heterocycles. The Labute approximate surface area is 271 Å². The molecule has 0 aliphatic heterocycles. The number of ether oxygens (including phenoxy) is 3. The highest BCUT2D eigenvalue weighted by molar-refractivity contribution is 5.91. The van der Waals surface area contributed by atoms with Crippen LogP contribution >= 0.6 is 0 Å². The van der Waals surface area contributed by atoms with Gasteiger partial charge in [0.15, 0.2) is 11.5 Å². The van der Waals surface area contributed by atoms with E-state index in [1.165, 1.54) is 64.2 Å². The zero-order valence-corrected chi connectivity index (χ0v) is 29.3. The molecule has 0 amide bonds. The summed E-state index contributed by atoms with van der Waals surface area (Å²) in [4.78, 5) is 13.3. The largest absolute Gasteiger partial charge is 0.504 e. The van der Waals surface area contributed by atoms with E-state index in [1.807, 2.05) is 7.11 Å². The first kappa shape index (κ1) is 32.7. The lowest BCUT2D eigenvalue weighted by molar-refractivity contribution is -0.178. The fourth-order valence-electron chi connectivity index (χ4n) is 12.7. The normalized spacial score (nSPS) is 41.7. The van der Waals surface area contributed by atoms with Crippen LogP contribution < -0.4 is 4.74 Å². The molecule has 0 saturated heterocycles. The first-order valence-corrected chi connectivity index (χ1v) is 17.6. The number of hydrogen-bond donors (Lipinski definition) is 2. The summed E-state index contributed by atoms with van der Waals surface area (Å²) in [5.74, 6) is 1.27. The smallest absolute Gasteiger partial charge is 0.338 e. The molecule has 2 unspecified atom stereocenters. The number of methoxy groups -OCH3 is 2. The van der Waals surface area contributed by atoms with Crippen molar-refractivity contribution in [3.05, 3.63) is 29.3 Å². The summed E-state index contributed by atoms with van der Waals surface area (Å²) in [6.45, 7) is 17.3. The molecule has 0 bridgehead atoms. The van der Waals surface area contributed by atoms with Gasteiger partial charge in [-0.3, -0.25) is 0 Å². The third-order valence-electron chi connectivity index (χ3n) is 14.8. The van der Waals surface area contributed by atoms with Crippen LogP contribution in [-0.2, 0) is 9.47 Å². The zero-order valence-electron chi connectivity index (χ0n) is 29.3. The van der Waals surface area contributed by atoms with Crippen molar-refractivity contribution < 1.29 is 29.2 Å². The molecule has 5 aliphatic rings. The summed E-state index contributed by atoms with van der Waals surface area (Å²) >= 11 is 0. The van der Waals surface area contributed by atoms with Gasteiger partial charge in [0, 0.05) is 12.5 Å². The molecule has 0 spiro atoms. The van der Waals surface area contributed by atoms with Crippen LogP contribution in [0.5, 0.6) is 17.2 Å². The van der Waals surface area contributed by atoms with Crippen LogP contribution in [0.1, 0.15) is 123 Å². The van der Waals surface area contributed by atoms with Gasteiger partial charge >= 0.3 is 5.97 Å². The van der Waals surface area contributed by atoms with Crippen LogP contribution in [0.3, 0.4) is 0 Å². The number of phenolic OH excluding ortho intramolecular Hbond substituents is 2. The van der Waals surface area contributed by atoms with E-state index < -0.39 is 5.97 Å². The van der Waals surface area contributed by atoms with E-state index in [4.69, 9.17) is 14.2 Å². The quantitative estimate of drug-likeness (QED) is 0.257. The maximum absolute atomic E-state index is 13.3. The Bertz CT molecular complexity index is 1340. The molecule has 6 rings (SSSR count). The lowest BCUT2D eigenvalue weighted by atomic mass is 9.42. The van der Waals surface area contributed by atoms with E-state index in [9.17, 15) is 15.0 Å². The number of hydrogen-bond acceptors (Lipinski definition) is 6. The van der Waals surface area contributed by atoms with Crippen molar-refractivity contribution in [2.75, 3.05) is 14.2 Å². The summed E-state index contributed by atoms with van der Waals surface area (Å²) in [5.41, 5.74) is 2.66. The van der Waals surface area contributed by atoms with Gasteiger partial charge in [-0.2, -0.15) is 0 Å². The second-order valence-electron chi connectivity index (χ2n) is 17.6. The van der Waals surface area contributed by atoms with Gasteiger partial charge in [-0.15, -0.1) is 0 Å². The van der Waals surface area contributed by atoms with Gasteiger partial charge in [-0.25, -0.2) is 4.79 Å². The Hall–Kier alpha value is -2.21. The number of benzene rings is 1. The Morgan fingerprint density at radius 3 is 2.02 bits per heavy atom. The molecule has 6 heteroatoms. The fraction of sp³-hybridized carbons (Fsp3) is 0.769. The third-order valence-corrected chi connectivity index (χ3v) is 14.8. The number of phenols is 2. The minimum atomic E-state index is -0.516. The molecule has 2 N–H and O–H groups in total. The predicted molar refractivity (Wildman–Crippen MR) is 176 cm³/mol. The van der Waals surface area contributed by atoms with Crippen molar-refractivity contribution in [2.24, 2.45) is 50.7 Å².